The molecule has 0 aromatic heterocycles. The van der Waals surface area contributed by atoms with Gasteiger partial charge in [-0.25, -0.2) is 0 Å². The maximum atomic E-state index is 12.6. The number of allylic oxidation sites excluding steroid dienone is 2. The predicted octanol–water partition coefficient (Wildman–Crippen LogP) is 1.12. The molecular formula is C42H72O14. The van der Waals surface area contributed by atoms with Crippen LogP contribution in [0.25, 0.3) is 0 Å². The lowest BCUT2D eigenvalue weighted by atomic mass is 9.34. The molecule has 4 saturated carbocycles. The molecule has 0 bridgehead atoms. The number of aliphatic hydroxyl groups is 10. The highest BCUT2D eigenvalue weighted by atomic mass is 16.7. The van der Waals surface area contributed by atoms with Gasteiger partial charge in [0.25, 0.3) is 0 Å². The van der Waals surface area contributed by atoms with Gasteiger partial charge in [-0.2, -0.15) is 0 Å². The molecule has 2 saturated heterocycles. The number of ether oxygens (including phenoxy) is 4. The highest BCUT2D eigenvalue weighted by molar-refractivity contribution is 5.22. The van der Waals surface area contributed by atoms with Crippen LogP contribution in [0.4, 0.5) is 0 Å². The van der Waals surface area contributed by atoms with E-state index in [9.17, 15) is 51.1 Å². The first-order valence-corrected chi connectivity index (χ1v) is 21.0. The van der Waals surface area contributed by atoms with E-state index in [2.05, 4.69) is 26.8 Å². The van der Waals surface area contributed by atoms with Gasteiger partial charge in [-0.15, -0.1) is 0 Å². The summed E-state index contributed by atoms with van der Waals surface area (Å²) in [7, 11) is 0. The third-order valence-electron chi connectivity index (χ3n) is 16.6. The molecule has 6 fully saturated rings. The second-order valence-corrected chi connectivity index (χ2v) is 20.2. The van der Waals surface area contributed by atoms with Gasteiger partial charge in [-0.05, 0) is 117 Å². The fourth-order valence-corrected chi connectivity index (χ4v) is 13.5. The SMILES string of the molecule is CC(C)=CCC[C@](C)(O[C@@H]1O[C@H](CO)[C@@H](O)[C@H](O)[C@H]1O)[C@H]1CC[C@]2(C)[C@@H]1[C@H](O)CC1[C@@]3(C)CC[C@H](O)C(C)(C)C3[C@@H](O[C@@H]3O[C@H](CO)[C@@H](O)[C@H](O)[C@H]3O)C[C@]12C. The van der Waals surface area contributed by atoms with Crippen LogP contribution in [0.2, 0.25) is 0 Å². The van der Waals surface area contributed by atoms with Crippen molar-refractivity contribution in [2.24, 2.45) is 45.3 Å². The van der Waals surface area contributed by atoms with Crippen molar-refractivity contribution in [1.29, 1.82) is 0 Å². The molecule has 14 nitrogen and oxygen atoms in total. The molecular weight excluding hydrogens is 728 g/mol. The normalized spacial score (nSPS) is 52.6. The Morgan fingerprint density at radius 2 is 1.32 bits per heavy atom. The summed E-state index contributed by atoms with van der Waals surface area (Å²) in [5.41, 5.74) is -1.92. The second kappa shape index (κ2) is 15.9. The molecule has 2 aliphatic heterocycles. The van der Waals surface area contributed by atoms with Gasteiger partial charge in [-0.3, -0.25) is 0 Å². The van der Waals surface area contributed by atoms with Gasteiger partial charge in [0.1, 0.15) is 48.8 Å². The van der Waals surface area contributed by atoms with Crippen LogP contribution in [-0.4, -0.2) is 150 Å². The number of fused-ring (bicyclic) bond motifs is 5. The van der Waals surface area contributed by atoms with Crippen LogP contribution in [0, 0.1) is 45.3 Å². The number of aliphatic hydroxyl groups excluding tert-OH is 10. The van der Waals surface area contributed by atoms with Crippen LogP contribution in [-0.2, 0) is 18.9 Å². The second-order valence-electron chi connectivity index (χ2n) is 20.2. The van der Waals surface area contributed by atoms with E-state index < -0.39 is 120 Å². The highest BCUT2D eigenvalue weighted by Gasteiger charge is 2.74. The van der Waals surface area contributed by atoms with Crippen molar-refractivity contribution >= 4 is 0 Å². The molecule has 14 heteroatoms. The van der Waals surface area contributed by atoms with E-state index in [0.29, 0.717) is 44.9 Å². The Labute approximate surface area is 331 Å². The maximum absolute atomic E-state index is 12.6. The van der Waals surface area contributed by atoms with Gasteiger partial charge in [0.15, 0.2) is 12.6 Å². The van der Waals surface area contributed by atoms with Crippen LogP contribution in [0.3, 0.4) is 0 Å². The summed E-state index contributed by atoms with van der Waals surface area (Å²) < 4.78 is 25.4. The van der Waals surface area contributed by atoms with Crippen molar-refractivity contribution in [3.63, 3.8) is 0 Å². The summed E-state index contributed by atoms with van der Waals surface area (Å²) in [6, 6.07) is 0. The monoisotopic (exact) mass is 800 g/mol. The fourth-order valence-electron chi connectivity index (χ4n) is 13.5. The minimum Gasteiger partial charge on any atom is -0.394 e. The Balaban J connectivity index is 1.39. The molecule has 0 radical (unpaired) electrons. The first-order valence-electron chi connectivity index (χ1n) is 21.0. The average Bonchev–Trinajstić information content (AvgIpc) is 3.52. The first kappa shape index (κ1) is 44.7. The van der Waals surface area contributed by atoms with E-state index in [4.69, 9.17) is 18.9 Å². The van der Waals surface area contributed by atoms with Crippen molar-refractivity contribution in [3.8, 4) is 0 Å². The molecule has 10 N–H and O–H groups in total. The third-order valence-corrected chi connectivity index (χ3v) is 16.6. The summed E-state index contributed by atoms with van der Waals surface area (Å²) in [5.74, 6) is -0.781. The van der Waals surface area contributed by atoms with Gasteiger partial charge in [0.2, 0.25) is 0 Å². The zero-order chi connectivity index (χ0) is 41.5. The number of hydrogen-bond acceptors (Lipinski definition) is 14. The molecule has 6 rings (SSSR count). The lowest BCUT2D eigenvalue weighted by Gasteiger charge is -2.72. The molecule has 0 aromatic rings. The van der Waals surface area contributed by atoms with Crippen molar-refractivity contribution in [2.75, 3.05) is 13.2 Å². The fraction of sp³-hybridized carbons (Fsp3) is 0.952. The van der Waals surface area contributed by atoms with Crippen LogP contribution in [0.5, 0.6) is 0 Å². The van der Waals surface area contributed by atoms with E-state index in [1.165, 1.54) is 0 Å². The Morgan fingerprint density at radius 1 is 0.750 bits per heavy atom. The van der Waals surface area contributed by atoms with Gasteiger partial charge < -0.3 is 70.0 Å². The van der Waals surface area contributed by atoms with E-state index >= 15 is 0 Å². The molecule has 324 valence electrons. The zero-order valence-corrected chi connectivity index (χ0v) is 34.6. The van der Waals surface area contributed by atoms with Gasteiger partial charge in [0.05, 0.1) is 37.1 Å². The quantitative estimate of drug-likeness (QED) is 0.110. The standard InChI is InChI=1S/C42H72O14/c1-20(2)10-9-13-42(8,56-37-34(52)32(50)30(48)25(19-44)55-37)21-11-15-40(6)28(21)22(45)16-26-39(5)14-12-27(46)38(3,4)35(39)23(17-41(26,40)7)53-36-33(51)31(49)29(47)24(18-43)54-36/h10,21-37,43-52H,9,11-19H2,1-8H3/t21-,22+,23-,24+,25+,26?,27-,28-,29+,30+,31-,32-,33+,34+,35?,36+,37-,39+,40+,41+,42-/m0/s1. The Kier molecular flexibility index (Phi) is 12.7. The molecule has 0 aromatic carbocycles. The molecule has 2 heterocycles. The Hall–Kier alpha value is -0.820. The molecule has 6 aliphatic rings. The van der Waals surface area contributed by atoms with Crippen molar-refractivity contribution in [3.05, 3.63) is 11.6 Å². The topological polar surface area (TPSA) is 239 Å². The van der Waals surface area contributed by atoms with Crippen LogP contribution >= 0.6 is 0 Å². The number of hydrogen-bond donors (Lipinski definition) is 10. The minimum absolute atomic E-state index is 0.000258. The van der Waals surface area contributed by atoms with Gasteiger partial charge in [0, 0.05) is 0 Å². The predicted molar refractivity (Wildman–Crippen MR) is 202 cm³/mol. The molecule has 2 unspecified atom stereocenters. The van der Waals surface area contributed by atoms with E-state index in [0.717, 1.165) is 12.0 Å². The minimum atomic E-state index is -1.61. The van der Waals surface area contributed by atoms with E-state index in [-0.39, 0.29) is 23.7 Å². The summed E-state index contributed by atoms with van der Waals surface area (Å²) in [5, 5.41) is 109. The smallest absolute Gasteiger partial charge is 0.187 e. The van der Waals surface area contributed by atoms with Crippen LogP contribution in [0.15, 0.2) is 11.6 Å². The summed E-state index contributed by atoms with van der Waals surface area (Å²) >= 11 is 0. The van der Waals surface area contributed by atoms with Gasteiger partial charge in [-0.1, -0.05) is 46.3 Å². The Morgan fingerprint density at radius 3 is 1.89 bits per heavy atom. The van der Waals surface area contributed by atoms with Crippen LogP contribution in [0.1, 0.15) is 107 Å². The first-order chi connectivity index (χ1) is 26.0. The van der Waals surface area contributed by atoms with Crippen LogP contribution < -0.4 is 0 Å². The largest absolute Gasteiger partial charge is 0.394 e. The number of rotatable bonds is 10. The summed E-state index contributed by atoms with van der Waals surface area (Å²) in [6.45, 7) is 15.7. The molecule has 4 aliphatic carbocycles. The molecule has 21 atom stereocenters. The maximum Gasteiger partial charge on any atom is 0.187 e. The summed E-state index contributed by atoms with van der Waals surface area (Å²) in [4.78, 5) is 0. The van der Waals surface area contributed by atoms with Crippen molar-refractivity contribution < 1.29 is 70.0 Å². The van der Waals surface area contributed by atoms with Crippen molar-refractivity contribution in [1.82, 2.24) is 0 Å². The average molecular weight is 801 g/mol. The van der Waals surface area contributed by atoms with E-state index in [1.807, 2.05) is 34.6 Å². The molecule has 56 heavy (non-hydrogen) atoms. The van der Waals surface area contributed by atoms with Gasteiger partial charge >= 0.3 is 0 Å². The third kappa shape index (κ3) is 7.06. The zero-order valence-electron chi connectivity index (χ0n) is 34.6. The Bertz CT molecular complexity index is 1400. The lowest BCUT2D eigenvalue weighted by molar-refractivity contribution is -0.349. The molecule has 0 amide bonds. The molecule has 0 spiro atoms. The highest BCUT2D eigenvalue weighted by Crippen LogP contribution is 2.76. The summed E-state index contributed by atoms with van der Waals surface area (Å²) in [6.07, 6.45) is -9.52. The lowest BCUT2D eigenvalue weighted by Crippen LogP contribution is -2.71. The van der Waals surface area contributed by atoms with Crippen molar-refractivity contribution in [2.45, 2.75) is 192 Å². The van der Waals surface area contributed by atoms with E-state index in [1.54, 1.807) is 0 Å².